The van der Waals surface area contributed by atoms with Crippen LogP contribution in [-0.2, 0) is 7.05 Å². The number of hydrogen-bond donors (Lipinski definition) is 1. The van der Waals surface area contributed by atoms with Crippen molar-refractivity contribution in [3.63, 3.8) is 0 Å². The Morgan fingerprint density at radius 2 is 2.06 bits per heavy atom. The summed E-state index contributed by atoms with van der Waals surface area (Å²) < 4.78 is 15.0. The van der Waals surface area contributed by atoms with Crippen molar-refractivity contribution < 1.29 is 4.39 Å². The molecule has 2 rings (SSSR count). The van der Waals surface area contributed by atoms with Gasteiger partial charge in [-0.2, -0.15) is 0 Å². The molecule has 1 aromatic carbocycles. The summed E-state index contributed by atoms with van der Waals surface area (Å²) in [7, 11) is 1.65. The van der Waals surface area contributed by atoms with Crippen molar-refractivity contribution in [2.45, 2.75) is 0 Å². The van der Waals surface area contributed by atoms with Gasteiger partial charge in [0.05, 0.1) is 0 Å². The fourth-order valence-corrected chi connectivity index (χ4v) is 1.75. The first kappa shape index (κ1) is 11.2. The van der Waals surface area contributed by atoms with Crippen molar-refractivity contribution >= 4 is 29.2 Å². The molecule has 2 aromatic rings. The van der Waals surface area contributed by atoms with Gasteiger partial charge in [-0.1, -0.05) is 23.2 Å². The highest BCUT2D eigenvalue weighted by Crippen LogP contribution is 2.31. The summed E-state index contributed by atoms with van der Waals surface area (Å²) in [5.74, 6) is -0.219. The van der Waals surface area contributed by atoms with E-state index in [2.05, 4.69) is 4.98 Å². The van der Waals surface area contributed by atoms with Gasteiger partial charge < -0.3 is 10.3 Å². The molecule has 0 bridgehead atoms. The second-order valence-corrected chi connectivity index (χ2v) is 4.09. The maximum atomic E-state index is 13.6. The van der Waals surface area contributed by atoms with Gasteiger partial charge in [0.2, 0.25) is 5.95 Å². The number of rotatable bonds is 1. The molecule has 2 N–H and O–H groups in total. The summed E-state index contributed by atoms with van der Waals surface area (Å²) in [5, 5.41) is 0.690. The Balaban J connectivity index is 2.67. The first-order valence-electron chi connectivity index (χ1n) is 4.44. The van der Waals surface area contributed by atoms with Crippen molar-refractivity contribution in [1.29, 1.82) is 0 Å². The Kier molecular flexibility index (Phi) is 2.78. The molecule has 0 fully saturated rings. The van der Waals surface area contributed by atoms with Gasteiger partial charge in [-0.3, -0.25) is 0 Å². The van der Waals surface area contributed by atoms with E-state index in [-0.39, 0.29) is 16.7 Å². The monoisotopic (exact) mass is 259 g/mol. The molecule has 1 aromatic heterocycles. The molecular weight excluding hydrogens is 252 g/mol. The third-order valence-corrected chi connectivity index (χ3v) is 2.91. The van der Waals surface area contributed by atoms with Crippen LogP contribution in [-0.4, -0.2) is 9.55 Å². The molecule has 16 heavy (non-hydrogen) atoms. The Labute approximate surface area is 102 Å². The summed E-state index contributed by atoms with van der Waals surface area (Å²) in [6.45, 7) is 0. The van der Waals surface area contributed by atoms with Crippen LogP contribution in [0.1, 0.15) is 0 Å². The number of imidazole rings is 1. The molecule has 0 aliphatic carbocycles. The summed E-state index contributed by atoms with van der Waals surface area (Å²) >= 11 is 11.8. The largest absolute Gasteiger partial charge is 0.369 e. The number of benzene rings is 1. The van der Waals surface area contributed by atoms with Gasteiger partial charge in [0.1, 0.15) is 16.7 Å². The van der Waals surface area contributed by atoms with Crippen molar-refractivity contribution in [2.75, 3.05) is 5.73 Å². The Hall–Kier alpha value is -1.26. The lowest BCUT2D eigenvalue weighted by Crippen LogP contribution is -1.96. The second kappa shape index (κ2) is 3.96. The minimum Gasteiger partial charge on any atom is -0.369 e. The average molecular weight is 260 g/mol. The SMILES string of the molecule is Cn1c(N)nc(-c2cc(Cl)ccc2F)c1Cl. The van der Waals surface area contributed by atoms with Gasteiger partial charge in [-0.05, 0) is 18.2 Å². The van der Waals surface area contributed by atoms with Crippen molar-refractivity contribution in [2.24, 2.45) is 7.05 Å². The van der Waals surface area contributed by atoms with Gasteiger partial charge in [0, 0.05) is 17.6 Å². The Morgan fingerprint density at radius 1 is 1.38 bits per heavy atom. The Morgan fingerprint density at radius 3 is 2.62 bits per heavy atom. The van der Waals surface area contributed by atoms with Gasteiger partial charge in [0.25, 0.3) is 0 Å². The summed E-state index contributed by atoms with van der Waals surface area (Å²) in [4.78, 5) is 3.99. The average Bonchev–Trinajstić information content (AvgIpc) is 2.50. The number of hydrogen-bond acceptors (Lipinski definition) is 2. The second-order valence-electron chi connectivity index (χ2n) is 3.29. The van der Waals surface area contributed by atoms with Crippen LogP contribution in [0.15, 0.2) is 18.2 Å². The lowest BCUT2D eigenvalue weighted by molar-refractivity contribution is 0.631. The molecule has 3 nitrogen and oxygen atoms in total. The standard InChI is InChI=1S/C10H8Cl2FN3/c1-16-9(12)8(15-10(16)14)6-4-5(11)2-3-7(6)13/h2-4H,1H3,(H2,14,15). The van der Waals surface area contributed by atoms with Crippen LogP contribution < -0.4 is 5.73 Å². The zero-order valence-corrected chi connectivity index (χ0v) is 9.85. The van der Waals surface area contributed by atoms with Gasteiger partial charge >= 0.3 is 0 Å². The molecule has 0 saturated carbocycles. The zero-order chi connectivity index (χ0) is 11.9. The number of nitrogen functional groups attached to an aromatic ring is 1. The number of nitrogens with zero attached hydrogens (tertiary/aromatic N) is 2. The predicted octanol–water partition coefficient (Wildman–Crippen LogP) is 3.12. The lowest BCUT2D eigenvalue weighted by atomic mass is 10.1. The van der Waals surface area contributed by atoms with Crippen molar-refractivity contribution in [3.05, 3.63) is 34.2 Å². The normalized spacial score (nSPS) is 10.8. The number of halogens is 3. The number of nitrogens with two attached hydrogens (primary N) is 1. The van der Waals surface area contributed by atoms with Crippen LogP contribution in [0.4, 0.5) is 10.3 Å². The molecule has 0 saturated heterocycles. The summed E-state index contributed by atoms with van der Waals surface area (Å²) in [6.07, 6.45) is 0. The van der Waals surface area contributed by atoms with E-state index in [1.165, 1.54) is 22.8 Å². The van der Waals surface area contributed by atoms with Crippen LogP contribution in [0.3, 0.4) is 0 Å². The fraction of sp³-hybridized carbons (Fsp3) is 0.100. The molecule has 0 amide bonds. The van der Waals surface area contributed by atoms with E-state index in [4.69, 9.17) is 28.9 Å². The molecule has 0 aliphatic heterocycles. The first-order chi connectivity index (χ1) is 7.50. The molecular formula is C10H8Cl2FN3. The fourth-order valence-electron chi connectivity index (χ4n) is 1.35. The summed E-state index contributed by atoms with van der Waals surface area (Å²) in [6, 6.07) is 4.18. The lowest BCUT2D eigenvalue weighted by Gasteiger charge is -2.01. The van der Waals surface area contributed by atoms with E-state index in [1.54, 1.807) is 7.05 Å². The topological polar surface area (TPSA) is 43.8 Å². The minimum atomic E-state index is -0.440. The zero-order valence-electron chi connectivity index (χ0n) is 8.34. The quantitative estimate of drug-likeness (QED) is 0.856. The smallest absolute Gasteiger partial charge is 0.201 e. The van der Waals surface area contributed by atoms with E-state index in [1.807, 2.05) is 0 Å². The Bertz CT molecular complexity index is 551. The number of anilines is 1. The third-order valence-electron chi connectivity index (χ3n) is 2.24. The van der Waals surface area contributed by atoms with Gasteiger partial charge in [0.15, 0.2) is 0 Å². The van der Waals surface area contributed by atoms with Crippen LogP contribution in [0, 0.1) is 5.82 Å². The van der Waals surface area contributed by atoms with Gasteiger partial charge in [-0.15, -0.1) is 0 Å². The van der Waals surface area contributed by atoms with Crippen LogP contribution in [0.25, 0.3) is 11.3 Å². The van der Waals surface area contributed by atoms with Gasteiger partial charge in [-0.25, -0.2) is 9.37 Å². The summed E-state index contributed by atoms with van der Waals surface area (Å²) in [5.41, 5.74) is 6.11. The maximum Gasteiger partial charge on any atom is 0.201 e. The highest BCUT2D eigenvalue weighted by Gasteiger charge is 2.16. The highest BCUT2D eigenvalue weighted by atomic mass is 35.5. The molecule has 0 radical (unpaired) electrons. The highest BCUT2D eigenvalue weighted by molar-refractivity contribution is 6.33. The van der Waals surface area contributed by atoms with E-state index in [0.29, 0.717) is 10.7 Å². The predicted molar refractivity (Wildman–Crippen MR) is 63.0 cm³/mol. The van der Waals surface area contributed by atoms with E-state index < -0.39 is 5.82 Å². The third kappa shape index (κ3) is 1.74. The molecule has 84 valence electrons. The molecule has 0 unspecified atom stereocenters. The van der Waals surface area contributed by atoms with E-state index >= 15 is 0 Å². The molecule has 0 spiro atoms. The van der Waals surface area contributed by atoms with Crippen LogP contribution in [0.5, 0.6) is 0 Å². The van der Waals surface area contributed by atoms with Crippen molar-refractivity contribution in [3.8, 4) is 11.3 Å². The molecule has 1 heterocycles. The van der Waals surface area contributed by atoms with E-state index in [9.17, 15) is 4.39 Å². The van der Waals surface area contributed by atoms with Crippen LogP contribution in [0.2, 0.25) is 10.2 Å². The minimum absolute atomic E-state index is 0.222. The van der Waals surface area contributed by atoms with E-state index in [0.717, 1.165) is 0 Å². The van der Waals surface area contributed by atoms with Crippen molar-refractivity contribution in [1.82, 2.24) is 9.55 Å². The molecule has 0 atom stereocenters. The number of aromatic nitrogens is 2. The first-order valence-corrected chi connectivity index (χ1v) is 5.19. The van der Waals surface area contributed by atoms with Crippen LogP contribution >= 0.6 is 23.2 Å². The molecule has 0 aliphatic rings. The maximum absolute atomic E-state index is 13.6. The molecule has 6 heteroatoms.